The molecule has 7 heteroatoms. The minimum Gasteiger partial charge on any atom is -0.447 e. The van der Waals surface area contributed by atoms with Crippen LogP contribution in [0, 0.1) is 0 Å². The van der Waals surface area contributed by atoms with Crippen LogP contribution in [0.5, 0.6) is 0 Å². The number of carbonyl (C=O) groups is 1. The van der Waals surface area contributed by atoms with Gasteiger partial charge in [0.15, 0.2) is 5.69 Å². The molecule has 1 unspecified atom stereocenters. The lowest BCUT2D eigenvalue weighted by Crippen LogP contribution is -2.27. The summed E-state index contributed by atoms with van der Waals surface area (Å²) in [5.41, 5.74) is 2.53. The summed E-state index contributed by atoms with van der Waals surface area (Å²) in [7, 11) is 0. The lowest BCUT2D eigenvalue weighted by molar-refractivity contribution is 0.0946. The quantitative estimate of drug-likeness (QED) is 0.489. The van der Waals surface area contributed by atoms with Crippen molar-refractivity contribution in [3.05, 3.63) is 87.6 Å². The minimum absolute atomic E-state index is 0.0938. The fraction of sp³-hybridized carbons (Fsp3) is 0.304. The summed E-state index contributed by atoms with van der Waals surface area (Å²) in [4.78, 5) is 18.9. The minimum atomic E-state index is -0.181. The molecule has 30 heavy (non-hydrogen) atoms. The van der Waals surface area contributed by atoms with E-state index >= 15 is 0 Å². The molecule has 156 valence electrons. The molecule has 1 amide bonds. The van der Waals surface area contributed by atoms with E-state index in [4.69, 9.17) is 27.6 Å². The molecule has 4 rings (SSSR count). The first kappa shape index (κ1) is 20.9. The second-order valence-corrected chi connectivity index (χ2v) is 8.43. The number of nitrogens with zero attached hydrogens (tertiary/aromatic N) is 2. The Hall–Kier alpha value is -2.34. The van der Waals surface area contributed by atoms with Crippen LogP contribution in [0.25, 0.3) is 0 Å². The topological polar surface area (TPSA) is 58.4 Å². The van der Waals surface area contributed by atoms with E-state index in [1.165, 1.54) is 11.8 Å². The van der Waals surface area contributed by atoms with Crippen LogP contribution in [0.1, 0.15) is 53.3 Å². The average molecular weight is 444 g/mol. The molecule has 1 saturated carbocycles. The number of aromatic nitrogens is 1. The number of carbonyl (C=O) groups excluding carboxylic acids is 1. The van der Waals surface area contributed by atoms with E-state index in [2.05, 4.69) is 34.3 Å². The van der Waals surface area contributed by atoms with Crippen LogP contribution in [0.4, 0.5) is 0 Å². The van der Waals surface area contributed by atoms with Gasteiger partial charge in [0.1, 0.15) is 6.26 Å². The first-order valence-electron chi connectivity index (χ1n) is 9.98. The summed E-state index contributed by atoms with van der Waals surface area (Å²) in [6.45, 7) is 3.21. The highest BCUT2D eigenvalue weighted by molar-refractivity contribution is 6.42. The maximum atomic E-state index is 12.2. The van der Waals surface area contributed by atoms with Gasteiger partial charge in [0.2, 0.25) is 5.89 Å². The van der Waals surface area contributed by atoms with Crippen molar-refractivity contribution in [3.8, 4) is 0 Å². The van der Waals surface area contributed by atoms with E-state index in [1.807, 2.05) is 30.3 Å². The van der Waals surface area contributed by atoms with Crippen molar-refractivity contribution in [2.24, 2.45) is 0 Å². The predicted molar refractivity (Wildman–Crippen MR) is 118 cm³/mol. The Morgan fingerprint density at radius 3 is 2.63 bits per heavy atom. The number of benzene rings is 2. The second-order valence-electron chi connectivity index (χ2n) is 7.61. The van der Waals surface area contributed by atoms with E-state index in [-0.39, 0.29) is 18.0 Å². The third-order valence-electron chi connectivity index (χ3n) is 5.23. The molecule has 5 nitrogen and oxygen atoms in total. The monoisotopic (exact) mass is 443 g/mol. The molecule has 1 fully saturated rings. The summed E-state index contributed by atoms with van der Waals surface area (Å²) in [5, 5.41) is 3.99. The molecule has 1 aromatic heterocycles. The number of hydrogen-bond donors (Lipinski definition) is 1. The highest BCUT2D eigenvalue weighted by Crippen LogP contribution is 2.28. The van der Waals surface area contributed by atoms with E-state index < -0.39 is 0 Å². The van der Waals surface area contributed by atoms with Crippen LogP contribution >= 0.6 is 23.2 Å². The van der Waals surface area contributed by atoms with E-state index in [0.29, 0.717) is 34.7 Å². The molecule has 1 N–H and O–H groups in total. The van der Waals surface area contributed by atoms with Gasteiger partial charge < -0.3 is 9.73 Å². The summed E-state index contributed by atoms with van der Waals surface area (Å²) < 4.78 is 5.62. The smallest absolute Gasteiger partial charge is 0.273 e. The Morgan fingerprint density at radius 2 is 1.93 bits per heavy atom. The van der Waals surface area contributed by atoms with Gasteiger partial charge in [-0.25, -0.2) is 4.98 Å². The Morgan fingerprint density at radius 1 is 1.17 bits per heavy atom. The summed E-state index contributed by atoms with van der Waals surface area (Å²) in [5.74, 6) is 0.318. The Labute approximate surface area is 186 Å². The number of oxazole rings is 1. The van der Waals surface area contributed by atoms with Crippen molar-refractivity contribution in [2.45, 2.75) is 44.9 Å². The summed E-state index contributed by atoms with van der Waals surface area (Å²) in [6, 6.07) is 16.2. The lowest BCUT2D eigenvalue weighted by Gasteiger charge is -2.28. The largest absolute Gasteiger partial charge is 0.447 e. The maximum Gasteiger partial charge on any atom is 0.273 e. The third kappa shape index (κ3) is 5.22. The van der Waals surface area contributed by atoms with Crippen molar-refractivity contribution >= 4 is 29.1 Å². The van der Waals surface area contributed by atoms with Gasteiger partial charge in [-0.3, -0.25) is 9.69 Å². The fourth-order valence-electron chi connectivity index (χ4n) is 3.29. The SMILES string of the molecule is CC(c1ccccc1)N(Cc1ccc(Cl)c(Cl)c1)Cc1nc(C(=O)NC2CC2)co1. The third-order valence-corrected chi connectivity index (χ3v) is 5.97. The highest BCUT2D eigenvalue weighted by Gasteiger charge is 2.26. The Kier molecular flexibility index (Phi) is 6.42. The van der Waals surface area contributed by atoms with Crippen molar-refractivity contribution in [1.29, 1.82) is 0 Å². The zero-order valence-electron chi connectivity index (χ0n) is 16.6. The zero-order chi connectivity index (χ0) is 21.1. The second kappa shape index (κ2) is 9.21. The number of hydrogen-bond acceptors (Lipinski definition) is 4. The first-order valence-corrected chi connectivity index (χ1v) is 10.7. The van der Waals surface area contributed by atoms with Crippen LogP contribution in [0.3, 0.4) is 0 Å². The number of amides is 1. The molecule has 0 saturated heterocycles. The van der Waals surface area contributed by atoms with Gasteiger partial charge in [-0.2, -0.15) is 0 Å². The number of halogens is 2. The van der Waals surface area contributed by atoms with Gasteiger partial charge in [0.25, 0.3) is 5.91 Å². The summed E-state index contributed by atoms with van der Waals surface area (Å²) >= 11 is 12.3. The van der Waals surface area contributed by atoms with E-state index in [1.54, 1.807) is 6.07 Å². The van der Waals surface area contributed by atoms with Crippen molar-refractivity contribution < 1.29 is 9.21 Å². The van der Waals surface area contributed by atoms with Crippen LogP contribution in [-0.4, -0.2) is 21.8 Å². The van der Waals surface area contributed by atoms with Crippen LogP contribution in [-0.2, 0) is 13.1 Å². The van der Waals surface area contributed by atoms with Crippen LogP contribution < -0.4 is 5.32 Å². The van der Waals surface area contributed by atoms with Gasteiger partial charge in [-0.05, 0) is 43.0 Å². The molecular formula is C23H23Cl2N3O2. The van der Waals surface area contributed by atoms with Crippen molar-refractivity contribution in [2.75, 3.05) is 0 Å². The molecule has 1 heterocycles. The van der Waals surface area contributed by atoms with Crippen molar-refractivity contribution in [3.63, 3.8) is 0 Å². The van der Waals surface area contributed by atoms with E-state index in [0.717, 1.165) is 18.4 Å². The molecule has 0 bridgehead atoms. The predicted octanol–water partition coefficient (Wildman–Crippen LogP) is 5.64. The van der Waals surface area contributed by atoms with Gasteiger partial charge in [-0.15, -0.1) is 0 Å². The molecule has 0 spiro atoms. The highest BCUT2D eigenvalue weighted by atomic mass is 35.5. The summed E-state index contributed by atoms with van der Waals surface area (Å²) in [6.07, 6.45) is 3.49. The Balaban J connectivity index is 1.54. The molecule has 0 aliphatic heterocycles. The molecule has 1 atom stereocenters. The Bertz CT molecular complexity index is 1020. The van der Waals surface area contributed by atoms with Crippen molar-refractivity contribution in [1.82, 2.24) is 15.2 Å². The molecular weight excluding hydrogens is 421 g/mol. The molecule has 3 aromatic rings. The van der Waals surface area contributed by atoms with Gasteiger partial charge >= 0.3 is 0 Å². The van der Waals surface area contributed by atoms with Gasteiger partial charge in [-0.1, -0.05) is 59.6 Å². The molecule has 1 aliphatic carbocycles. The zero-order valence-corrected chi connectivity index (χ0v) is 18.2. The standard InChI is InChI=1S/C23H23Cl2N3O2/c1-15(17-5-3-2-4-6-17)28(12-16-7-10-19(24)20(25)11-16)13-22-27-21(14-30-22)23(29)26-18-8-9-18/h2-7,10-11,14-15,18H,8-9,12-13H2,1H3,(H,26,29). The normalized spacial score (nSPS) is 14.7. The van der Waals surface area contributed by atoms with Crippen LogP contribution in [0.15, 0.2) is 59.2 Å². The fourth-order valence-corrected chi connectivity index (χ4v) is 3.61. The van der Waals surface area contributed by atoms with Gasteiger partial charge in [0.05, 0.1) is 16.6 Å². The maximum absolute atomic E-state index is 12.2. The number of nitrogens with one attached hydrogen (secondary N) is 1. The molecule has 2 aromatic carbocycles. The lowest BCUT2D eigenvalue weighted by atomic mass is 10.1. The number of rotatable bonds is 8. The average Bonchev–Trinajstić information content (AvgIpc) is 3.44. The molecule has 1 aliphatic rings. The van der Waals surface area contributed by atoms with E-state index in [9.17, 15) is 4.79 Å². The molecule has 0 radical (unpaired) electrons. The first-order chi connectivity index (χ1) is 14.5. The van der Waals surface area contributed by atoms with Gasteiger partial charge in [0, 0.05) is 18.6 Å². The van der Waals surface area contributed by atoms with Crippen LogP contribution in [0.2, 0.25) is 10.0 Å².